The van der Waals surface area contributed by atoms with Crippen LogP contribution in [0.15, 0.2) is 6.33 Å². The van der Waals surface area contributed by atoms with Crippen LogP contribution in [-0.2, 0) is 17.7 Å². The van der Waals surface area contributed by atoms with Gasteiger partial charge in [-0.3, -0.25) is 4.68 Å². The predicted octanol–water partition coefficient (Wildman–Crippen LogP) is 0.769. The number of aromatic nitrogens is 3. The summed E-state index contributed by atoms with van der Waals surface area (Å²) >= 11 is 0. The minimum absolute atomic E-state index is 0.0444. The molecule has 1 aromatic rings. The topological polar surface area (TPSA) is 60.2 Å². The maximum absolute atomic E-state index is 10.1. The highest BCUT2D eigenvalue weighted by Crippen LogP contribution is 2.23. The number of rotatable bonds is 4. The molecular weight excluding hydrogens is 206 g/mol. The van der Waals surface area contributed by atoms with Crippen LogP contribution in [0.25, 0.3) is 0 Å². The van der Waals surface area contributed by atoms with Crippen molar-refractivity contribution >= 4 is 0 Å². The second-order valence-electron chi connectivity index (χ2n) is 4.33. The van der Waals surface area contributed by atoms with Gasteiger partial charge in [0, 0.05) is 13.0 Å². The molecule has 1 fully saturated rings. The van der Waals surface area contributed by atoms with Gasteiger partial charge < -0.3 is 9.84 Å². The molecule has 3 atom stereocenters. The fourth-order valence-electron chi connectivity index (χ4n) is 2.15. The van der Waals surface area contributed by atoms with Crippen molar-refractivity contribution in [2.75, 3.05) is 0 Å². The molecule has 0 aromatic carbocycles. The van der Waals surface area contributed by atoms with E-state index < -0.39 is 6.10 Å². The van der Waals surface area contributed by atoms with E-state index in [-0.39, 0.29) is 12.2 Å². The highest BCUT2D eigenvalue weighted by Gasteiger charge is 2.29. The normalized spacial score (nSPS) is 27.2. The van der Waals surface area contributed by atoms with Crippen LogP contribution in [0, 0.1) is 0 Å². The van der Waals surface area contributed by atoms with Gasteiger partial charge in [-0.1, -0.05) is 0 Å². The Labute approximate surface area is 95.4 Å². The van der Waals surface area contributed by atoms with Gasteiger partial charge in [0.1, 0.15) is 12.2 Å². The van der Waals surface area contributed by atoms with Crippen molar-refractivity contribution in [3.8, 4) is 0 Å². The van der Waals surface area contributed by atoms with E-state index in [0.717, 1.165) is 25.2 Å². The van der Waals surface area contributed by atoms with Crippen LogP contribution in [0.5, 0.6) is 0 Å². The average Bonchev–Trinajstić information content (AvgIpc) is 2.86. The molecule has 5 heteroatoms. The second kappa shape index (κ2) is 4.93. The van der Waals surface area contributed by atoms with Gasteiger partial charge in [0.15, 0.2) is 0 Å². The van der Waals surface area contributed by atoms with E-state index in [0.29, 0.717) is 6.42 Å². The maximum Gasteiger partial charge on any atom is 0.138 e. The largest absolute Gasteiger partial charge is 0.390 e. The molecule has 1 aromatic heterocycles. The third kappa shape index (κ3) is 2.41. The van der Waals surface area contributed by atoms with Crippen LogP contribution >= 0.6 is 0 Å². The van der Waals surface area contributed by atoms with Gasteiger partial charge in [-0.05, 0) is 26.7 Å². The van der Waals surface area contributed by atoms with Crippen LogP contribution in [0.2, 0.25) is 0 Å². The van der Waals surface area contributed by atoms with E-state index in [1.807, 2.05) is 18.5 Å². The predicted molar refractivity (Wildman–Crippen MR) is 59.0 cm³/mol. The van der Waals surface area contributed by atoms with Crippen molar-refractivity contribution in [1.29, 1.82) is 0 Å². The Morgan fingerprint density at radius 1 is 1.62 bits per heavy atom. The molecule has 1 N–H and O–H groups in total. The van der Waals surface area contributed by atoms with Gasteiger partial charge in [-0.25, -0.2) is 4.98 Å². The van der Waals surface area contributed by atoms with E-state index in [1.54, 1.807) is 0 Å². The summed E-state index contributed by atoms with van der Waals surface area (Å²) in [6.45, 7) is 4.84. The first-order chi connectivity index (χ1) is 7.70. The van der Waals surface area contributed by atoms with Gasteiger partial charge in [0.2, 0.25) is 0 Å². The lowest BCUT2D eigenvalue weighted by Crippen LogP contribution is -2.29. The Balaban J connectivity index is 1.94. The standard InChI is InChI=1S/C11H19N3O2/c1-3-14-11(12-7-13-14)6-9(15)10-5-4-8(2)16-10/h7-10,15H,3-6H2,1-2H3. The summed E-state index contributed by atoms with van der Waals surface area (Å²) in [6.07, 6.45) is 3.76. The van der Waals surface area contributed by atoms with E-state index in [1.165, 1.54) is 6.33 Å². The summed E-state index contributed by atoms with van der Waals surface area (Å²) in [5.74, 6) is 0.832. The average molecular weight is 225 g/mol. The molecule has 0 aliphatic carbocycles. The summed E-state index contributed by atoms with van der Waals surface area (Å²) in [6, 6.07) is 0. The van der Waals surface area contributed by atoms with Crippen LogP contribution < -0.4 is 0 Å². The molecule has 0 bridgehead atoms. The molecule has 0 spiro atoms. The lowest BCUT2D eigenvalue weighted by Gasteiger charge is -2.17. The molecule has 0 saturated carbocycles. The number of hydrogen-bond donors (Lipinski definition) is 1. The van der Waals surface area contributed by atoms with Crippen LogP contribution in [0.4, 0.5) is 0 Å². The van der Waals surface area contributed by atoms with Gasteiger partial charge in [-0.2, -0.15) is 5.10 Å². The number of nitrogens with zero attached hydrogens (tertiary/aromatic N) is 3. The summed E-state index contributed by atoms with van der Waals surface area (Å²) in [4.78, 5) is 4.15. The molecule has 1 aliphatic heterocycles. The molecule has 2 heterocycles. The van der Waals surface area contributed by atoms with Gasteiger partial charge in [0.05, 0.1) is 18.3 Å². The molecule has 0 radical (unpaired) electrons. The molecule has 0 amide bonds. The van der Waals surface area contributed by atoms with Crippen molar-refractivity contribution in [2.24, 2.45) is 0 Å². The van der Waals surface area contributed by atoms with Crippen molar-refractivity contribution in [1.82, 2.24) is 14.8 Å². The Kier molecular flexibility index (Phi) is 3.56. The molecule has 16 heavy (non-hydrogen) atoms. The summed E-state index contributed by atoms with van der Waals surface area (Å²) in [5.41, 5.74) is 0. The van der Waals surface area contributed by atoms with Gasteiger partial charge in [0.25, 0.3) is 0 Å². The Hall–Kier alpha value is -0.940. The van der Waals surface area contributed by atoms with E-state index in [2.05, 4.69) is 10.1 Å². The number of aryl methyl sites for hydroxylation is 1. The van der Waals surface area contributed by atoms with Gasteiger partial charge in [-0.15, -0.1) is 0 Å². The number of ether oxygens (including phenoxy) is 1. The zero-order chi connectivity index (χ0) is 11.5. The molecule has 90 valence electrons. The number of hydrogen-bond acceptors (Lipinski definition) is 4. The van der Waals surface area contributed by atoms with Crippen LogP contribution in [0.3, 0.4) is 0 Å². The van der Waals surface area contributed by atoms with E-state index in [9.17, 15) is 5.11 Å². The van der Waals surface area contributed by atoms with E-state index in [4.69, 9.17) is 4.74 Å². The third-order valence-electron chi connectivity index (χ3n) is 3.08. The Bertz CT molecular complexity index is 340. The highest BCUT2D eigenvalue weighted by atomic mass is 16.5. The lowest BCUT2D eigenvalue weighted by molar-refractivity contribution is -0.0289. The number of aliphatic hydroxyl groups is 1. The smallest absolute Gasteiger partial charge is 0.138 e. The number of aliphatic hydroxyl groups excluding tert-OH is 1. The van der Waals surface area contributed by atoms with Crippen LogP contribution in [0.1, 0.15) is 32.5 Å². The van der Waals surface area contributed by atoms with E-state index >= 15 is 0 Å². The minimum Gasteiger partial charge on any atom is -0.390 e. The Morgan fingerprint density at radius 3 is 3.06 bits per heavy atom. The fourth-order valence-corrected chi connectivity index (χ4v) is 2.15. The van der Waals surface area contributed by atoms with Gasteiger partial charge >= 0.3 is 0 Å². The molecule has 5 nitrogen and oxygen atoms in total. The SMILES string of the molecule is CCn1ncnc1CC(O)C1CCC(C)O1. The second-order valence-corrected chi connectivity index (χ2v) is 4.33. The lowest BCUT2D eigenvalue weighted by atomic mass is 10.1. The monoisotopic (exact) mass is 225 g/mol. The first kappa shape index (κ1) is 11.5. The molecule has 3 unspecified atom stereocenters. The summed E-state index contributed by atoms with van der Waals surface area (Å²) in [5, 5.41) is 14.1. The first-order valence-electron chi connectivity index (χ1n) is 5.91. The Morgan fingerprint density at radius 2 is 2.44 bits per heavy atom. The van der Waals surface area contributed by atoms with Crippen molar-refractivity contribution in [3.05, 3.63) is 12.2 Å². The molecular formula is C11H19N3O2. The quantitative estimate of drug-likeness (QED) is 0.822. The fraction of sp³-hybridized carbons (Fsp3) is 0.818. The summed E-state index contributed by atoms with van der Waals surface area (Å²) < 4.78 is 7.45. The minimum atomic E-state index is -0.473. The zero-order valence-corrected chi connectivity index (χ0v) is 9.83. The molecule has 1 aliphatic rings. The summed E-state index contributed by atoms with van der Waals surface area (Å²) in [7, 11) is 0. The van der Waals surface area contributed by atoms with Crippen molar-refractivity contribution in [2.45, 2.75) is 58.0 Å². The van der Waals surface area contributed by atoms with Crippen LogP contribution in [-0.4, -0.2) is 38.2 Å². The highest BCUT2D eigenvalue weighted by molar-refractivity contribution is 4.91. The molecule has 2 rings (SSSR count). The third-order valence-corrected chi connectivity index (χ3v) is 3.08. The zero-order valence-electron chi connectivity index (χ0n) is 9.83. The molecule has 1 saturated heterocycles. The van der Waals surface area contributed by atoms with Crippen molar-refractivity contribution in [3.63, 3.8) is 0 Å². The van der Waals surface area contributed by atoms with Crippen molar-refractivity contribution < 1.29 is 9.84 Å². The maximum atomic E-state index is 10.1. The first-order valence-corrected chi connectivity index (χ1v) is 5.91.